The molecule has 2 aromatic carbocycles. The van der Waals surface area contributed by atoms with E-state index in [-0.39, 0.29) is 12.0 Å². The molecule has 1 N–H and O–H groups in total. The lowest BCUT2D eigenvalue weighted by atomic mass is 10.1. The Kier molecular flexibility index (Phi) is 6.68. The molecule has 0 saturated carbocycles. The van der Waals surface area contributed by atoms with Crippen LogP contribution in [0.1, 0.15) is 10.4 Å². The number of carbonyl (C=O) groups is 2. The number of hydrogen-bond acceptors (Lipinski definition) is 7. The summed E-state index contributed by atoms with van der Waals surface area (Å²) in [5.74, 6) is 1.14. The van der Waals surface area contributed by atoms with Crippen molar-refractivity contribution in [1.82, 2.24) is 19.8 Å². The zero-order valence-electron chi connectivity index (χ0n) is 18.5. The van der Waals surface area contributed by atoms with Crippen LogP contribution < -0.4 is 10.1 Å². The molecule has 0 unspecified atom stereocenters. The van der Waals surface area contributed by atoms with Gasteiger partial charge in [-0.05, 0) is 35.9 Å². The summed E-state index contributed by atoms with van der Waals surface area (Å²) >= 11 is 0. The van der Waals surface area contributed by atoms with Crippen LogP contribution in [0.2, 0.25) is 0 Å². The maximum absolute atomic E-state index is 12.9. The van der Waals surface area contributed by atoms with Crippen molar-refractivity contribution in [3.63, 3.8) is 0 Å². The van der Waals surface area contributed by atoms with Crippen molar-refractivity contribution in [3.05, 3.63) is 66.5 Å². The summed E-state index contributed by atoms with van der Waals surface area (Å²) < 4.78 is 9.93. The van der Waals surface area contributed by atoms with Crippen LogP contribution in [0, 0.1) is 0 Å². The smallest absolute Gasteiger partial charge is 0.409 e. The second-order valence-corrected chi connectivity index (χ2v) is 7.48. The third-order valence-corrected chi connectivity index (χ3v) is 5.44. The van der Waals surface area contributed by atoms with Crippen LogP contribution in [0.3, 0.4) is 0 Å². The number of methoxy groups -OCH3 is 2. The summed E-state index contributed by atoms with van der Waals surface area (Å²) in [6, 6.07) is 14.9. The third-order valence-electron chi connectivity index (χ3n) is 5.44. The molecule has 1 aliphatic heterocycles. The van der Waals surface area contributed by atoms with Gasteiger partial charge in [-0.3, -0.25) is 4.79 Å². The molecule has 0 aliphatic carbocycles. The van der Waals surface area contributed by atoms with E-state index in [1.807, 2.05) is 36.4 Å². The van der Waals surface area contributed by atoms with Gasteiger partial charge in [0.1, 0.15) is 5.75 Å². The van der Waals surface area contributed by atoms with Crippen molar-refractivity contribution in [2.75, 3.05) is 45.7 Å². The molecule has 1 saturated heterocycles. The van der Waals surface area contributed by atoms with Crippen molar-refractivity contribution in [2.24, 2.45) is 0 Å². The molecule has 2 amide bonds. The summed E-state index contributed by atoms with van der Waals surface area (Å²) in [4.78, 5) is 36.7. The number of aromatic nitrogens is 2. The van der Waals surface area contributed by atoms with Gasteiger partial charge < -0.3 is 24.6 Å². The number of amides is 2. The van der Waals surface area contributed by atoms with Crippen LogP contribution in [0.5, 0.6) is 5.75 Å². The van der Waals surface area contributed by atoms with Crippen LogP contribution in [0.15, 0.2) is 60.9 Å². The van der Waals surface area contributed by atoms with Crippen molar-refractivity contribution in [2.45, 2.75) is 0 Å². The van der Waals surface area contributed by atoms with Gasteiger partial charge >= 0.3 is 6.09 Å². The van der Waals surface area contributed by atoms with E-state index < -0.39 is 0 Å². The van der Waals surface area contributed by atoms with Gasteiger partial charge in [0, 0.05) is 55.4 Å². The normalized spacial score (nSPS) is 13.4. The number of carbonyl (C=O) groups excluding carboxylic acids is 2. The second-order valence-electron chi connectivity index (χ2n) is 7.48. The molecule has 0 bridgehead atoms. The molecule has 2 heterocycles. The highest BCUT2D eigenvalue weighted by Gasteiger charge is 2.25. The van der Waals surface area contributed by atoms with E-state index in [4.69, 9.17) is 9.47 Å². The Bertz CT molecular complexity index is 1110. The van der Waals surface area contributed by atoms with Crippen LogP contribution >= 0.6 is 0 Å². The Morgan fingerprint density at radius 1 is 0.879 bits per heavy atom. The van der Waals surface area contributed by atoms with Gasteiger partial charge in [0.05, 0.1) is 14.2 Å². The topological polar surface area (TPSA) is 96.9 Å². The molecule has 9 nitrogen and oxygen atoms in total. The highest BCUT2D eigenvalue weighted by molar-refractivity contribution is 5.95. The average Bonchev–Trinajstić information content (AvgIpc) is 2.88. The van der Waals surface area contributed by atoms with E-state index in [0.717, 1.165) is 16.9 Å². The van der Waals surface area contributed by atoms with Crippen molar-refractivity contribution in [3.8, 4) is 16.9 Å². The zero-order valence-corrected chi connectivity index (χ0v) is 18.5. The SMILES string of the molecule is COC(=O)N1CCN(C(=O)c2cccc(Nc3ncc(-c4ccc(OC)cc4)cn3)c2)CC1. The first kappa shape index (κ1) is 22.1. The Hall–Kier alpha value is -4.14. The van der Waals surface area contributed by atoms with Crippen molar-refractivity contribution >= 4 is 23.6 Å². The molecular formula is C24H25N5O4. The highest BCUT2D eigenvalue weighted by Crippen LogP contribution is 2.22. The van der Waals surface area contributed by atoms with E-state index in [1.54, 1.807) is 41.4 Å². The highest BCUT2D eigenvalue weighted by atomic mass is 16.5. The van der Waals surface area contributed by atoms with Gasteiger partial charge in [0.15, 0.2) is 0 Å². The average molecular weight is 447 g/mol. The number of anilines is 2. The molecule has 0 spiro atoms. The third kappa shape index (κ3) is 5.20. The molecule has 1 fully saturated rings. The molecule has 170 valence electrons. The Morgan fingerprint density at radius 2 is 1.55 bits per heavy atom. The predicted molar refractivity (Wildman–Crippen MR) is 124 cm³/mol. The van der Waals surface area contributed by atoms with Gasteiger partial charge in [-0.2, -0.15) is 0 Å². The molecule has 3 aromatic rings. The summed E-state index contributed by atoms with van der Waals surface area (Å²) in [6.07, 6.45) is 3.12. The standard InChI is InChI=1S/C24H25N5O4/c1-32-21-8-6-17(7-9-21)19-15-25-23(26-16-19)27-20-5-3-4-18(14-20)22(30)28-10-12-29(13-11-28)24(31)33-2/h3-9,14-16H,10-13H2,1-2H3,(H,25,26,27). The van der Waals surface area contributed by atoms with Crippen LogP contribution in [0.25, 0.3) is 11.1 Å². The minimum atomic E-state index is -0.369. The molecule has 1 aliphatic rings. The summed E-state index contributed by atoms with van der Waals surface area (Å²) in [6.45, 7) is 1.82. The number of piperazine rings is 1. The van der Waals surface area contributed by atoms with Gasteiger partial charge in [0.25, 0.3) is 5.91 Å². The van der Waals surface area contributed by atoms with Crippen LogP contribution in [0.4, 0.5) is 16.4 Å². The van der Waals surface area contributed by atoms with Gasteiger partial charge in [-0.25, -0.2) is 14.8 Å². The number of nitrogens with zero attached hydrogens (tertiary/aromatic N) is 4. The molecule has 33 heavy (non-hydrogen) atoms. The van der Waals surface area contributed by atoms with E-state index in [9.17, 15) is 9.59 Å². The number of rotatable bonds is 5. The molecule has 0 radical (unpaired) electrons. The Labute approximate surface area is 192 Å². The fraction of sp³-hybridized carbons (Fsp3) is 0.250. The monoisotopic (exact) mass is 447 g/mol. The molecular weight excluding hydrogens is 422 g/mol. The molecule has 4 rings (SSSR count). The maximum atomic E-state index is 12.9. The van der Waals surface area contributed by atoms with Crippen LogP contribution in [-0.2, 0) is 4.74 Å². The van der Waals surface area contributed by atoms with E-state index in [2.05, 4.69) is 15.3 Å². The molecule has 9 heteroatoms. The number of benzene rings is 2. The Balaban J connectivity index is 1.39. The molecule has 1 aromatic heterocycles. The Morgan fingerprint density at radius 3 is 2.18 bits per heavy atom. The first-order valence-electron chi connectivity index (χ1n) is 10.5. The van der Waals surface area contributed by atoms with E-state index in [1.165, 1.54) is 7.11 Å². The van der Waals surface area contributed by atoms with Crippen LogP contribution in [-0.4, -0.2) is 72.2 Å². The summed E-state index contributed by atoms with van der Waals surface area (Å²) in [5, 5.41) is 3.15. The quantitative estimate of drug-likeness (QED) is 0.640. The maximum Gasteiger partial charge on any atom is 0.409 e. The minimum Gasteiger partial charge on any atom is -0.497 e. The van der Waals surface area contributed by atoms with E-state index in [0.29, 0.717) is 43.4 Å². The fourth-order valence-electron chi connectivity index (χ4n) is 3.59. The van der Waals surface area contributed by atoms with Crippen molar-refractivity contribution in [1.29, 1.82) is 0 Å². The lowest BCUT2D eigenvalue weighted by Crippen LogP contribution is -2.50. The second kappa shape index (κ2) is 9.99. The molecule has 0 atom stereocenters. The number of hydrogen-bond donors (Lipinski definition) is 1. The fourth-order valence-corrected chi connectivity index (χ4v) is 3.59. The summed E-state index contributed by atoms with van der Waals surface area (Å²) in [5.41, 5.74) is 3.15. The number of ether oxygens (including phenoxy) is 2. The van der Waals surface area contributed by atoms with Gasteiger partial charge in [-0.1, -0.05) is 18.2 Å². The predicted octanol–water partition coefficient (Wildman–Crippen LogP) is 3.42. The lowest BCUT2D eigenvalue weighted by molar-refractivity contribution is 0.0600. The minimum absolute atomic E-state index is 0.0843. The van der Waals surface area contributed by atoms with Gasteiger partial charge in [0.2, 0.25) is 5.95 Å². The lowest BCUT2D eigenvalue weighted by Gasteiger charge is -2.33. The number of nitrogens with one attached hydrogen (secondary N) is 1. The largest absolute Gasteiger partial charge is 0.497 e. The summed E-state index contributed by atoms with van der Waals surface area (Å²) in [7, 11) is 2.99. The van der Waals surface area contributed by atoms with Crippen molar-refractivity contribution < 1.29 is 19.1 Å². The zero-order chi connectivity index (χ0) is 23.2. The van der Waals surface area contributed by atoms with E-state index >= 15 is 0 Å². The first-order chi connectivity index (χ1) is 16.1. The van der Waals surface area contributed by atoms with Gasteiger partial charge in [-0.15, -0.1) is 0 Å². The first-order valence-corrected chi connectivity index (χ1v) is 10.5.